The van der Waals surface area contributed by atoms with Crippen LogP contribution < -0.4 is 10.2 Å². The highest BCUT2D eigenvalue weighted by Crippen LogP contribution is 2.35. The molecule has 1 fully saturated rings. The maximum absolute atomic E-state index is 13.7. The Morgan fingerprint density at radius 1 is 1.08 bits per heavy atom. The summed E-state index contributed by atoms with van der Waals surface area (Å²) in [5.41, 5.74) is 2.11. The van der Waals surface area contributed by atoms with Crippen molar-refractivity contribution in [3.05, 3.63) is 66.4 Å². The molecule has 0 saturated carbocycles. The minimum atomic E-state index is -4.54. The van der Waals surface area contributed by atoms with Crippen LogP contribution in [-0.4, -0.2) is 69.0 Å². The maximum atomic E-state index is 13.7. The van der Waals surface area contributed by atoms with Crippen molar-refractivity contribution in [2.24, 2.45) is 5.92 Å². The predicted molar refractivity (Wildman–Crippen MR) is 137 cm³/mol. The monoisotopic (exact) mass is 524 g/mol. The summed E-state index contributed by atoms with van der Waals surface area (Å²) in [6, 6.07) is 3.71. The van der Waals surface area contributed by atoms with Gasteiger partial charge in [0, 0.05) is 72.7 Å². The van der Waals surface area contributed by atoms with Gasteiger partial charge >= 0.3 is 6.18 Å². The Kier molecular flexibility index (Phi) is 6.98. The molecule has 3 aromatic rings. The van der Waals surface area contributed by atoms with E-state index in [-0.39, 0.29) is 11.6 Å². The standard InChI is InChI=1S/C26H27F3N8O/c1-17-3-4-18(9-24(17)37-15-23(33-34-37)19-13-30-16-31-14-19)25(38)32-21-10-20(26(27,28)29)11-22(12-21)36-7-5-35(2)6-8-36/h4,9-17H,3,5-8H2,1-2H3,(H,32,38). The highest BCUT2D eigenvalue weighted by molar-refractivity contribution is 6.07. The third kappa shape index (κ3) is 5.59. The van der Waals surface area contributed by atoms with Crippen LogP contribution in [0, 0.1) is 5.92 Å². The first-order valence-electron chi connectivity index (χ1n) is 12.2. The molecule has 1 amide bonds. The van der Waals surface area contributed by atoms with Gasteiger partial charge in [-0.1, -0.05) is 18.2 Å². The van der Waals surface area contributed by atoms with E-state index in [4.69, 9.17) is 0 Å². The lowest BCUT2D eigenvalue weighted by Crippen LogP contribution is -2.44. The van der Waals surface area contributed by atoms with Crippen molar-refractivity contribution >= 4 is 23.0 Å². The van der Waals surface area contributed by atoms with Crippen LogP contribution in [0.15, 0.2) is 60.8 Å². The van der Waals surface area contributed by atoms with Crippen LogP contribution in [-0.2, 0) is 11.0 Å². The smallest absolute Gasteiger partial charge is 0.369 e. The molecule has 1 saturated heterocycles. The van der Waals surface area contributed by atoms with Gasteiger partial charge in [0.1, 0.15) is 12.0 Å². The molecule has 5 rings (SSSR count). The molecule has 3 heterocycles. The Morgan fingerprint density at radius 2 is 1.82 bits per heavy atom. The van der Waals surface area contributed by atoms with Crippen molar-refractivity contribution in [1.29, 1.82) is 0 Å². The zero-order valence-corrected chi connectivity index (χ0v) is 21.0. The van der Waals surface area contributed by atoms with Crippen molar-refractivity contribution in [3.63, 3.8) is 0 Å². The van der Waals surface area contributed by atoms with E-state index in [2.05, 4.69) is 30.5 Å². The zero-order valence-electron chi connectivity index (χ0n) is 21.0. The summed E-state index contributed by atoms with van der Waals surface area (Å²) >= 11 is 0. The van der Waals surface area contributed by atoms with Gasteiger partial charge in [-0.2, -0.15) is 13.2 Å². The lowest BCUT2D eigenvalue weighted by Gasteiger charge is -2.34. The molecule has 0 spiro atoms. The van der Waals surface area contributed by atoms with Crippen LogP contribution in [0.2, 0.25) is 0 Å². The zero-order chi connectivity index (χ0) is 26.9. The summed E-state index contributed by atoms with van der Waals surface area (Å²) in [5.74, 6) is -0.444. The Labute approximate surface area is 217 Å². The highest BCUT2D eigenvalue weighted by atomic mass is 19.4. The van der Waals surface area contributed by atoms with Gasteiger partial charge in [-0.05, 0) is 37.7 Å². The molecule has 38 heavy (non-hydrogen) atoms. The van der Waals surface area contributed by atoms with Crippen LogP contribution in [0.3, 0.4) is 0 Å². The molecule has 1 aliphatic heterocycles. The molecular formula is C26H27F3N8O. The molecule has 1 aromatic carbocycles. The molecular weight excluding hydrogens is 497 g/mol. The van der Waals surface area contributed by atoms with Gasteiger partial charge in [0.2, 0.25) is 0 Å². The van der Waals surface area contributed by atoms with E-state index >= 15 is 0 Å². The molecule has 1 unspecified atom stereocenters. The van der Waals surface area contributed by atoms with Gasteiger partial charge in [-0.3, -0.25) is 4.79 Å². The molecule has 198 valence electrons. The van der Waals surface area contributed by atoms with E-state index in [1.54, 1.807) is 41.5 Å². The number of anilines is 2. The second kappa shape index (κ2) is 10.4. The predicted octanol–water partition coefficient (Wildman–Crippen LogP) is 3.95. The van der Waals surface area contributed by atoms with Crippen LogP contribution in [0.4, 0.5) is 24.5 Å². The first-order chi connectivity index (χ1) is 18.2. The average molecular weight is 525 g/mol. The number of amides is 1. The molecule has 0 bridgehead atoms. The number of benzene rings is 1. The highest BCUT2D eigenvalue weighted by Gasteiger charge is 2.32. The molecule has 2 aliphatic rings. The molecule has 1 N–H and O–H groups in total. The van der Waals surface area contributed by atoms with Crippen molar-refractivity contribution in [1.82, 2.24) is 29.9 Å². The van der Waals surface area contributed by atoms with Crippen molar-refractivity contribution < 1.29 is 18.0 Å². The molecule has 1 aliphatic carbocycles. The Hall–Kier alpha value is -4.06. The molecule has 0 radical (unpaired) electrons. The van der Waals surface area contributed by atoms with Crippen molar-refractivity contribution in [3.8, 4) is 11.3 Å². The number of rotatable bonds is 5. The summed E-state index contributed by atoms with van der Waals surface area (Å²) in [5, 5.41) is 11.1. The van der Waals surface area contributed by atoms with Crippen molar-refractivity contribution in [2.45, 2.75) is 19.5 Å². The number of carbonyl (C=O) groups is 1. The summed E-state index contributed by atoms with van der Waals surface area (Å²) in [4.78, 5) is 25.2. The third-order valence-corrected chi connectivity index (χ3v) is 6.75. The number of nitrogens with one attached hydrogen (secondary N) is 1. The third-order valence-electron chi connectivity index (χ3n) is 6.75. The normalized spacial score (nSPS) is 18.7. The van der Waals surface area contributed by atoms with Gasteiger partial charge in [0.25, 0.3) is 5.91 Å². The van der Waals surface area contributed by atoms with Gasteiger partial charge in [0.05, 0.1) is 11.8 Å². The largest absolute Gasteiger partial charge is 0.416 e. The first kappa shape index (κ1) is 25.6. The van der Waals surface area contributed by atoms with E-state index in [1.165, 1.54) is 6.33 Å². The van der Waals surface area contributed by atoms with Gasteiger partial charge in [-0.25, -0.2) is 14.6 Å². The fourth-order valence-corrected chi connectivity index (χ4v) is 4.49. The average Bonchev–Trinajstić information content (AvgIpc) is 3.39. The van der Waals surface area contributed by atoms with Gasteiger partial charge in [-0.15, -0.1) is 5.10 Å². The minimum absolute atomic E-state index is 0.0468. The molecule has 2 aromatic heterocycles. The van der Waals surface area contributed by atoms with E-state index in [9.17, 15) is 18.0 Å². The second-order valence-corrected chi connectivity index (χ2v) is 9.55. The van der Waals surface area contributed by atoms with Crippen LogP contribution in [0.5, 0.6) is 0 Å². The van der Waals surface area contributed by atoms with Crippen LogP contribution >= 0.6 is 0 Å². The van der Waals surface area contributed by atoms with Gasteiger partial charge < -0.3 is 15.1 Å². The number of aromatic nitrogens is 5. The fraction of sp³-hybridized carbons (Fsp3) is 0.346. The summed E-state index contributed by atoms with van der Waals surface area (Å²) < 4.78 is 42.7. The number of hydrogen-bond donors (Lipinski definition) is 1. The lowest BCUT2D eigenvalue weighted by molar-refractivity contribution is -0.137. The number of likely N-dealkylation sites (N-methyl/N-ethyl adjacent to an activating group) is 1. The van der Waals surface area contributed by atoms with E-state index < -0.39 is 17.6 Å². The Bertz CT molecular complexity index is 1370. The maximum Gasteiger partial charge on any atom is 0.416 e. The second-order valence-electron chi connectivity index (χ2n) is 9.55. The van der Waals surface area contributed by atoms with E-state index in [1.807, 2.05) is 18.9 Å². The number of halogens is 3. The minimum Gasteiger partial charge on any atom is -0.369 e. The number of alkyl halides is 3. The van der Waals surface area contributed by atoms with Crippen molar-refractivity contribution in [2.75, 3.05) is 43.4 Å². The summed E-state index contributed by atoms with van der Waals surface area (Å²) in [6.07, 6.45) is 5.91. The molecule has 12 heteroatoms. The Balaban J connectivity index is 1.38. The number of hydrogen-bond acceptors (Lipinski definition) is 7. The van der Waals surface area contributed by atoms with Crippen LogP contribution in [0.25, 0.3) is 17.0 Å². The quantitative estimate of drug-likeness (QED) is 0.540. The number of allylic oxidation sites excluding steroid dienone is 2. The lowest BCUT2D eigenvalue weighted by atomic mass is 9.94. The first-order valence-corrected chi connectivity index (χ1v) is 12.2. The number of carbonyl (C=O) groups excluding carboxylic acids is 1. The number of nitrogens with zero attached hydrogens (tertiary/aromatic N) is 7. The summed E-state index contributed by atoms with van der Waals surface area (Å²) in [7, 11) is 1.98. The topological polar surface area (TPSA) is 92.1 Å². The summed E-state index contributed by atoms with van der Waals surface area (Å²) in [6.45, 7) is 4.71. The SMILES string of the molecule is CC1CC=C(C(=O)Nc2cc(N3CCN(C)CC3)cc(C(F)(F)F)c2)C=C1n1cc(-c2cncnc2)nn1. The van der Waals surface area contributed by atoms with E-state index in [0.29, 0.717) is 42.0 Å². The fourth-order valence-electron chi connectivity index (χ4n) is 4.49. The van der Waals surface area contributed by atoms with E-state index in [0.717, 1.165) is 30.9 Å². The Morgan fingerprint density at radius 3 is 2.53 bits per heavy atom. The molecule has 9 nitrogen and oxygen atoms in total. The molecule has 1 atom stereocenters. The van der Waals surface area contributed by atoms with Crippen LogP contribution in [0.1, 0.15) is 18.9 Å². The van der Waals surface area contributed by atoms with Gasteiger partial charge in [0.15, 0.2) is 0 Å². The number of piperazine rings is 1.